The number of amides is 1. The topological polar surface area (TPSA) is 72.6 Å². The van der Waals surface area contributed by atoms with Gasteiger partial charge in [-0.3, -0.25) is 4.79 Å². The van der Waals surface area contributed by atoms with Crippen molar-refractivity contribution >= 4 is 28.2 Å². The lowest BCUT2D eigenvalue weighted by Gasteiger charge is -2.30. The summed E-state index contributed by atoms with van der Waals surface area (Å²) >= 11 is 1.39. The highest BCUT2D eigenvalue weighted by Gasteiger charge is 2.33. The molecule has 0 bridgehead atoms. The van der Waals surface area contributed by atoms with Gasteiger partial charge in [0.2, 0.25) is 0 Å². The Hall–Kier alpha value is -2.34. The number of rotatable bonds is 3. The maximum Gasteiger partial charge on any atom is 0.410 e. The number of carbonyl (C=O) groups excluding carboxylic acids is 2. The third kappa shape index (κ3) is 3.26. The molecule has 0 saturated heterocycles. The first kappa shape index (κ1) is 17.5. The van der Waals surface area contributed by atoms with Gasteiger partial charge >= 0.3 is 6.09 Å². The highest BCUT2D eigenvalue weighted by molar-refractivity contribution is 7.16. The van der Waals surface area contributed by atoms with Crippen LogP contribution in [0.5, 0.6) is 0 Å². The van der Waals surface area contributed by atoms with Crippen LogP contribution < -0.4 is 5.73 Å². The summed E-state index contributed by atoms with van der Waals surface area (Å²) in [6.45, 7) is 7.10. The molecule has 0 aliphatic carbocycles. The second-order valence-corrected chi connectivity index (χ2v) is 7.49. The van der Waals surface area contributed by atoms with E-state index in [1.807, 2.05) is 38.1 Å². The van der Waals surface area contributed by atoms with Crippen LogP contribution in [-0.2, 0) is 11.3 Å². The summed E-state index contributed by atoms with van der Waals surface area (Å²) in [4.78, 5) is 27.7. The summed E-state index contributed by atoms with van der Waals surface area (Å²) in [7, 11) is 0. The molecule has 1 atom stereocenters. The van der Waals surface area contributed by atoms with E-state index < -0.39 is 0 Å². The number of fused-ring (bicyclic) bond motifs is 1. The lowest BCUT2D eigenvalue weighted by molar-refractivity contribution is 0.0995. The van der Waals surface area contributed by atoms with Crippen molar-refractivity contribution < 1.29 is 14.3 Å². The average molecular weight is 358 g/mol. The van der Waals surface area contributed by atoms with E-state index in [4.69, 9.17) is 10.5 Å². The fourth-order valence-electron chi connectivity index (χ4n) is 3.25. The molecule has 0 fully saturated rings. The highest BCUT2D eigenvalue weighted by atomic mass is 32.1. The standard InChI is InChI=1S/C19H22N2O3S/c1-4-24-19(23)21-9-12(3)15-14(10-21)25-18(20)16(15)17(22)13-7-5-11(2)6-8-13/h5-8,12H,4,9-10,20H2,1-3H3. The van der Waals surface area contributed by atoms with Crippen molar-refractivity contribution in [2.75, 3.05) is 18.9 Å². The van der Waals surface area contributed by atoms with Gasteiger partial charge in [0.25, 0.3) is 0 Å². The first-order chi connectivity index (χ1) is 11.9. The normalized spacial score (nSPS) is 16.4. The number of nitrogen functional groups attached to an aromatic ring is 1. The van der Waals surface area contributed by atoms with Crippen molar-refractivity contribution in [2.24, 2.45) is 0 Å². The van der Waals surface area contributed by atoms with Gasteiger partial charge in [0.1, 0.15) is 0 Å². The van der Waals surface area contributed by atoms with Gasteiger partial charge in [0, 0.05) is 22.9 Å². The van der Waals surface area contributed by atoms with Gasteiger partial charge in [-0.15, -0.1) is 11.3 Å². The van der Waals surface area contributed by atoms with Crippen LogP contribution >= 0.6 is 11.3 Å². The number of hydrogen-bond donors (Lipinski definition) is 1. The summed E-state index contributed by atoms with van der Waals surface area (Å²) in [6.07, 6.45) is -0.321. The van der Waals surface area contributed by atoms with Crippen molar-refractivity contribution in [3.8, 4) is 0 Å². The van der Waals surface area contributed by atoms with Crippen LogP contribution in [0.4, 0.5) is 9.80 Å². The van der Waals surface area contributed by atoms with Gasteiger partial charge in [-0.25, -0.2) is 4.79 Å². The molecule has 25 heavy (non-hydrogen) atoms. The molecule has 1 aliphatic rings. The third-order valence-electron chi connectivity index (χ3n) is 4.44. The SMILES string of the molecule is CCOC(=O)N1Cc2sc(N)c(C(=O)c3ccc(C)cc3)c2C(C)C1. The number of ketones is 1. The Morgan fingerprint density at radius 3 is 2.64 bits per heavy atom. The Balaban J connectivity index is 1.95. The number of nitrogens with two attached hydrogens (primary N) is 1. The molecule has 1 aromatic heterocycles. The van der Waals surface area contributed by atoms with Gasteiger partial charge < -0.3 is 15.4 Å². The van der Waals surface area contributed by atoms with E-state index >= 15 is 0 Å². The third-order valence-corrected chi connectivity index (χ3v) is 5.46. The van der Waals surface area contributed by atoms with Gasteiger partial charge in [0.05, 0.1) is 23.7 Å². The number of nitrogens with zero attached hydrogens (tertiary/aromatic N) is 1. The summed E-state index contributed by atoms with van der Waals surface area (Å²) in [6, 6.07) is 7.52. The highest BCUT2D eigenvalue weighted by Crippen LogP contribution is 2.41. The van der Waals surface area contributed by atoms with Gasteiger partial charge in [-0.05, 0) is 19.4 Å². The second kappa shape index (κ2) is 6.88. The summed E-state index contributed by atoms with van der Waals surface area (Å²) < 4.78 is 5.10. The number of hydrogen-bond acceptors (Lipinski definition) is 5. The lowest BCUT2D eigenvalue weighted by Crippen LogP contribution is -2.37. The predicted octanol–water partition coefficient (Wildman–Crippen LogP) is 3.95. The van der Waals surface area contributed by atoms with E-state index in [2.05, 4.69) is 0 Å². The molecule has 0 spiro atoms. The molecule has 6 heteroatoms. The Labute approximate surface area is 151 Å². The molecule has 0 saturated carbocycles. The summed E-state index contributed by atoms with van der Waals surface area (Å²) in [5.41, 5.74) is 9.52. The second-order valence-electron chi connectivity index (χ2n) is 6.35. The Morgan fingerprint density at radius 2 is 2.00 bits per heavy atom. The maximum atomic E-state index is 13.0. The molecule has 5 nitrogen and oxygen atoms in total. The largest absolute Gasteiger partial charge is 0.450 e. The number of thiophene rings is 1. The smallest absolute Gasteiger partial charge is 0.410 e. The fraction of sp³-hybridized carbons (Fsp3) is 0.368. The van der Waals surface area contributed by atoms with Gasteiger partial charge in [-0.2, -0.15) is 0 Å². The fourth-order valence-corrected chi connectivity index (χ4v) is 4.45. The molecule has 2 N–H and O–H groups in total. The van der Waals surface area contributed by atoms with Crippen molar-refractivity contribution in [1.29, 1.82) is 0 Å². The number of benzene rings is 1. The molecule has 3 rings (SSSR count). The lowest BCUT2D eigenvalue weighted by atomic mass is 9.89. The molecule has 132 valence electrons. The van der Waals surface area contributed by atoms with E-state index in [-0.39, 0.29) is 17.8 Å². The zero-order valence-corrected chi connectivity index (χ0v) is 15.5. The quantitative estimate of drug-likeness (QED) is 0.843. The molecular weight excluding hydrogens is 336 g/mol. The molecule has 1 amide bonds. The zero-order chi connectivity index (χ0) is 18.1. The molecule has 2 aromatic rings. The molecular formula is C19H22N2O3S. The molecule has 1 aromatic carbocycles. The van der Waals surface area contributed by atoms with E-state index in [0.717, 1.165) is 16.0 Å². The van der Waals surface area contributed by atoms with Gasteiger partial charge in [0.15, 0.2) is 5.78 Å². The minimum atomic E-state index is -0.321. The Kier molecular flexibility index (Phi) is 4.81. The Morgan fingerprint density at radius 1 is 1.32 bits per heavy atom. The van der Waals surface area contributed by atoms with E-state index in [0.29, 0.717) is 35.8 Å². The van der Waals surface area contributed by atoms with Gasteiger partial charge in [-0.1, -0.05) is 36.8 Å². The predicted molar refractivity (Wildman–Crippen MR) is 99.2 cm³/mol. The molecule has 2 heterocycles. The number of ether oxygens (including phenoxy) is 1. The molecule has 0 radical (unpaired) electrons. The Bertz CT molecular complexity index is 811. The van der Waals surface area contributed by atoms with Crippen molar-refractivity contribution in [2.45, 2.75) is 33.2 Å². The van der Waals surface area contributed by atoms with Crippen molar-refractivity contribution in [3.05, 3.63) is 51.4 Å². The van der Waals surface area contributed by atoms with Crippen LogP contribution in [-0.4, -0.2) is 29.9 Å². The van der Waals surface area contributed by atoms with E-state index in [9.17, 15) is 9.59 Å². The number of anilines is 1. The molecule has 1 aliphatic heterocycles. The average Bonchev–Trinajstić information content (AvgIpc) is 2.91. The first-order valence-electron chi connectivity index (χ1n) is 8.36. The van der Waals surface area contributed by atoms with Crippen LogP contribution in [0.25, 0.3) is 0 Å². The minimum absolute atomic E-state index is 0.0334. The van der Waals surface area contributed by atoms with Crippen LogP contribution in [0.3, 0.4) is 0 Å². The zero-order valence-electron chi connectivity index (χ0n) is 14.7. The van der Waals surface area contributed by atoms with E-state index in [1.54, 1.807) is 11.8 Å². The van der Waals surface area contributed by atoms with Crippen LogP contribution in [0.1, 0.15) is 51.7 Å². The van der Waals surface area contributed by atoms with Crippen LogP contribution in [0.15, 0.2) is 24.3 Å². The monoisotopic (exact) mass is 358 g/mol. The summed E-state index contributed by atoms with van der Waals surface area (Å²) in [5.74, 6) is -0.0162. The number of carbonyl (C=O) groups is 2. The summed E-state index contributed by atoms with van der Waals surface area (Å²) in [5, 5.41) is 0.521. The van der Waals surface area contributed by atoms with Crippen LogP contribution in [0, 0.1) is 6.92 Å². The maximum absolute atomic E-state index is 13.0. The minimum Gasteiger partial charge on any atom is -0.450 e. The number of aryl methyl sites for hydroxylation is 1. The van der Waals surface area contributed by atoms with Crippen molar-refractivity contribution in [1.82, 2.24) is 4.90 Å². The van der Waals surface area contributed by atoms with Crippen molar-refractivity contribution in [3.63, 3.8) is 0 Å². The van der Waals surface area contributed by atoms with E-state index in [1.165, 1.54) is 11.3 Å². The van der Waals surface area contributed by atoms with Crippen LogP contribution in [0.2, 0.25) is 0 Å². The molecule has 1 unspecified atom stereocenters. The first-order valence-corrected chi connectivity index (χ1v) is 9.18.